The highest BCUT2D eigenvalue weighted by molar-refractivity contribution is 5.83. The van der Waals surface area contributed by atoms with Crippen LogP contribution in [0.2, 0.25) is 0 Å². The maximum absolute atomic E-state index is 3.98. The molecule has 0 saturated heterocycles. The number of hydrazone groups is 1. The Kier molecular flexibility index (Phi) is 1.01. The van der Waals surface area contributed by atoms with Gasteiger partial charge in [-0.3, -0.25) is 0 Å². The summed E-state index contributed by atoms with van der Waals surface area (Å²) in [6.07, 6.45) is 1.11. The van der Waals surface area contributed by atoms with Gasteiger partial charge in [-0.05, 0) is 13.8 Å². The van der Waals surface area contributed by atoms with Gasteiger partial charge in [0.15, 0.2) is 0 Å². The van der Waals surface area contributed by atoms with Gasteiger partial charge in [0.05, 0.1) is 0 Å². The average molecular weight is 98.1 g/mol. The van der Waals surface area contributed by atoms with Crippen LogP contribution in [0.5, 0.6) is 0 Å². The van der Waals surface area contributed by atoms with E-state index in [9.17, 15) is 0 Å². The first-order chi connectivity index (χ1) is 3.29. The fraction of sp³-hybridized carbons (Fsp3) is 0.800. The van der Waals surface area contributed by atoms with Crippen LogP contribution in [0.25, 0.3) is 0 Å². The largest absolute Gasteiger partial charge is 0.307 e. The molecule has 1 heterocycles. The lowest BCUT2D eigenvalue weighted by Crippen LogP contribution is -2.13. The van der Waals surface area contributed by atoms with Crippen molar-refractivity contribution in [2.24, 2.45) is 5.10 Å². The van der Waals surface area contributed by atoms with E-state index in [0.717, 1.165) is 6.42 Å². The van der Waals surface area contributed by atoms with Crippen LogP contribution in [-0.4, -0.2) is 11.8 Å². The third-order valence-electron chi connectivity index (χ3n) is 1.08. The SMILES string of the molecule is CC1=NNC(C)C1. The predicted molar refractivity (Wildman–Crippen MR) is 30.3 cm³/mol. The Bertz CT molecular complexity index is 96.3. The van der Waals surface area contributed by atoms with Crippen molar-refractivity contribution in [2.75, 3.05) is 0 Å². The van der Waals surface area contributed by atoms with Crippen LogP contribution in [0, 0.1) is 0 Å². The number of nitrogens with zero attached hydrogens (tertiary/aromatic N) is 1. The van der Waals surface area contributed by atoms with Crippen LogP contribution in [-0.2, 0) is 0 Å². The van der Waals surface area contributed by atoms with Crippen molar-refractivity contribution in [2.45, 2.75) is 26.3 Å². The van der Waals surface area contributed by atoms with Crippen molar-refractivity contribution < 1.29 is 0 Å². The molecule has 0 saturated carbocycles. The molecule has 7 heavy (non-hydrogen) atoms. The Morgan fingerprint density at radius 3 is 2.71 bits per heavy atom. The summed E-state index contributed by atoms with van der Waals surface area (Å²) in [6, 6.07) is 0.569. The molecule has 1 aliphatic rings. The molecule has 2 heteroatoms. The van der Waals surface area contributed by atoms with E-state index in [1.165, 1.54) is 5.71 Å². The monoisotopic (exact) mass is 98.1 g/mol. The molecule has 0 spiro atoms. The minimum absolute atomic E-state index is 0.569. The molecule has 0 aromatic carbocycles. The van der Waals surface area contributed by atoms with E-state index in [1.54, 1.807) is 0 Å². The fourth-order valence-electron chi connectivity index (χ4n) is 0.755. The Morgan fingerprint density at radius 1 is 1.86 bits per heavy atom. The molecule has 2 nitrogen and oxygen atoms in total. The Morgan fingerprint density at radius 2 is 2.57 bits per heavy atom. The summed E-state index contributed by atoms with van der Waals surface area (Å²) >= 11 is 0. The van der Waals surface area contributed by atoms with Gasteiger partial charge in [-0.15, -0.1) is 0 Å². The number of hydrogen-bond donors (Lipinski definition) is 1. The molecule has 1 atom stereocenters. The summed E-state index contributed by atoms with van der Waals surface area (Å²) in [5.41, 5.74) is 4.17. The van der Waals surface area contributed by atoms with Gasteiger partial charge in [0.2, 0.25) is 0 Å². The smallest absolute Gasteiger partial charge is 0.0464 e. The maximum atomic E-state index is 3.98. The molecule has 1 unspecified atom stereocenters. The lowest BCUT2D eigenvalue weighted by molar-refractivity contribution is 0.636. The Hall–Kier alpha value is -0.530. The average Bonchev–Trinajstić information content (AvgIpc) is 1.87. The Labute approximate surface area is 43.6 Å². The standard InChI is InChI=1S/C5H10N2/c1-4-3-5(2)7-6-4/h4,6H,3H2,1-2H3. The van der Waals surface area contributed by atoms with Gasteiger partial charge in [-0.2, -0.15) is 5.10 Å². The zero-order chi connectivity index (χ0) is 5.28. The summed E-state index contributed by atoms with van der Waals surface area (Å²) in [6.45, 7) is 4.16. The van der Waals surface area contributed by atoms with Gasteiger partial charge in [-0.1, -0.05) is 0 Å². The molecule has 0 amide bonds. The van der Waals surface area contributed by atoms with Gasteiger partial charge in [0.1, 0.15) is 0 Å². The molecule has 40 valence electrons. The molecule has 1 aliphatic heterocycles. The van der Waals surface area contributed by atoms with Gasteiger partial charge in [0.25, 0.3) is 0 Å². The van der Waals surface area contributed by atoms with Crippen LogP contribution in [0.15, 0.2) is 5.10 Å². The van der Waals surface area contributed by atoms with Crippen molar-refractivity contribution in [1.82, 2.24) is 5.43 Å². The van der Waals surface area contributed by atoms with Gasteiger partial charge in [0, 0.05) is 18.2 Å². The van der Waals surface area contributed by atoms with E-state index in [0.29, 0.717) is 6.04 Å². The first-order valence-corrected chi connectivity index (χ1v) is 2.58. The topological polar surface area (TPSA) is 24.4 Å². The number of rotatable bonds is 0. The van der Waals surface area contributed by atoms with E-state index in [1.807, 2.05) is 6.92 Å². The molecule has 0 fully saturated rings. The molecular weight excluding hydrogens is 88.1 g/mol. The quantitative estimate of drug-likeness (QED) is 0.475. The van der Waals surface area contributed by atoms with Crippen molar-refractivity contribution in [1.29, 1.82) is 0 Å². The predicted octanol–water partition coefficient (Wildman–Crippen LogP) is 0.744. The molecule has 1 N–H and O–H groups in total. The first kappa shape index (κ1) is 4.62. The van der Waals surface area contributed by atoms with Gasteiger partial charge < -0.3 is 5.43 Å². The lowest BCUT2D eigenvalue weighted by Gasteiger charge is -1.95. The van der Waals surface area contributed by atoms with Crippen LogP contribution in [0.4, 0.5) is 0 Å². The fourth-order valence-corrected chi connectivity index (χ4v) is 0.755. The highest BCUT2D eigenvalue weighted by atomic mass is 15.3. The summed E-state index contributed by atoms with van der Waals surface area (Å²) in [5, 5.41) is 3.98. The number of hydrogen-bond acceptors (Lipinski definition) is 2. The van der Waals surface area contributed by atoms with E-state index in [-0.39, 0.29) is 0 Å². The minimum atomic E-state index is 0.569. The van der Waals surface area contributed by atoms with E-state index in [4.69, 9.17) is 0 Å². The van der Waals surface area contributed by atoms with E-state index < -0.39 is 0 Å². The molecule has 0 bridgehead atoms. The van der Waals surface area contributed by atoms with Crippen LogP contribution >= 0.6 is 0 Å². The summed E-state index contributed by atoms with van der Waals surface area (Å²) in [5.74, 6) is 0. The summed E-state index contributed by atoms with van der Waals surface area (Å²) in [4.78, 5) is 0. The van der Waals surface area contributed by atoms with Crippen LogP contribution < -0.4 is 5.43 Å². The maximum Gasteiger partial charge on any atom is 0.0464 e. The third kappa shape index (κ3) is 0.918. The molecule has 0 aromatic heterocycles. The van der Waals surface area contributed by atoms with Crippen molar-refractivity contribution in [3.63, 3.8) is 0 Å². The van der Waals surface area contributed by atoms with Crippen molar-refractivity contribution in [3.8, 4) is 0 Å². The zero-order valence-electron chi connectivity index (χ0n) is 4.73. The van der Waals surface area contributed by atoms with E-state index >= 15 is 0 Å². The second-order valence-corrected chi connectivity index (χ2v) is 2.08. The lowest BCUT2D eigenvalue weighted by atomic mass is 10.2. The second-order valence-electron chi connectivity index (χ2n) is 2.08. The van der Waals surface area contributed by atoms with E-state index in [2.05, 4.69) is 17.5 Å². The molecule has 1 rings (SSSR count). The van der Waals surface area contributed by atoms with Crippen molar-refractivity contribution in [3.05, 3.63) is 0 Å². The molecule has 0 aromatic rings. The highest BCUT2D eigenvalue weighted by Crippen LogP contribution is 1.99. The first-order valence-electron chi connectivity index (χ1n) is 2.58. The molecule has 0 radical (unpaired) electrons. The van der Waals surface area contributed by atoms with Gasteiger partial charge >= 0.3 is 0 Å². The summed E-state index contributed by atoms with van der Waals surface area (Å²) in [7, 11) is 0. The third-order valence-corrected chi connectivity index (χ3v) is 1.08. The Balaban J connectivity index is 2.42. The zero-order valence-corrected chi connectivity index (χ0v) is 4.73. The summed E-state index contributed by atoms with van der Waals surface area (Å²) < 4.78 is 0. The van der Waals surface area contributed by atoms with Gasteiger partial charge in [-0.25, -0.2) is 0 Å². The normalized spacial score (nSPS) is 29.4. The number of nitrogens with one attached hydrogen (secondary N) is 1. The molecular formula is C5H10N2. The van der Waals surface area contributed by atoms with Crippen LogP contribution in [0.1, 0.15) is 20.3 Å². The molecule has 0 aliphatic carbocycles. The minimum Gasteiger partial charge on any atom is -0.307 e. The van der Waals surface area contributed by atoms with Crippen molar-refractivity contribution >= 4 is 5.71 Å². The highest BCUT2D eigenvalue weighted by Gasteiger charge is 2.07. The second kappa shape index (κ2) is 1.52. The van der Waals surface area contributed by atoms with Crippen LogP contribution in [0.3, 0.4) is 0 Å².